The molecule has 124 valence electrons. The van der Waals surface area contributed by atoms with Gasteiger partial charge in [0.2, 0.25) is 0 Å². The first kappa shape index (κ1) is 16.5. The van der Waals surface area contributed by atoms with E-state index in [9.17, 15) is 10.1 Å². The van der Waals surface area contributed by atoms with Crippen LogP contribution in [0.1, 0.15) is 32.8 Å². The lowest BCUT2D eigenvalue weighted by Gasteiger charge is -2.11. The first-order valence-corrected chi connectivity index (χ1v) is 8.63. The van der Waals surface area contributed by atoms with Crippen LogP contribution < -0.4 is 10.1 Å². The van der Waals surface area contributed by atoms with E-state index in [2.05, 4.69) is 11.4 Å². The molecule has 1 aliphatic rings. The van der Waals surface area contributed by atoms with E-state index < -0.39 is 0 Å². The summed E-state index contributed by atoms with van der Waals surface area (Å²) in [4.78, 5) is 13.9. The number of hydrogen-bond donors (Lipinski definition) is 1. The predicted molar refractivity (Wildman–Crippen MR) is 92.8 cm³/mol. The molecule has 1 amide bonds. The van der Waals surface area contributed by atoms with E-state index in [1.165, 1.54) is 16.2 Å². The molecule has 0 fully saturated rings. The average molecular weight is 342 g/mol. The van der Waals surface area contributed by atoms with Gasteiger partial charge in [-0.3, -0.25) is 4.79 Å². The number of aryl methyl sites for hydroxylation is 1. The second-order valence-corrected chi connectivity index (χ2v) is 6.57. The van der Waals surface area contributed by atoms with E-state index >= 15 is 0 Å². The molecule has 0 unspecified atom stereocenters. The van der Waals surface area contributed by atoms with Gasteiger partial charge in [0.1, 0.15) is 23.4 Å². The molecule has 1 N–H and O–H groups in total. The molecule has 0 saturated carbocycles. The standard InChI is InChI=1S/C18H18N2O3S/c1-22-9-10-23-15-7-3-2-5-13(15)17(21)20-18-14(11-19)12-6-4-8-16(12)24-18/h2-3,5,7H,4,6,8-10H2,1H3,(H,20,21). The molecule has 0 aliphatic heterocycles. The highest BCUT2D eigenvalue weighted by Gasteiger charge is 2.24. The van der Waals surface area contributed by atoms with E-state index in [4.69, 9.17) is 9.47 Å². The van der Waals surface area contributed by atoms with Crippen LogP contribution in [0.4, 0.5) is 5.00 Å². The SMILES string of the molecule is COCCOc1ccccc1C(=O)Nc1sc2c(c1C#N)CCC2. The minimum absolute atomic E-state index is 0.264. The molecule has 1 heterocycles. The van der Waals surface area contributed by atoms with Crippen molar-refractivity contribution in [3.8, 4) is 11.8 Å². The van der Waals surface area contributed by atoms with Gasteiger partial charge in [0, 0.05) is 12.0 Å². The molecule has 2 aromatic rings. The summed E-state index contributed by atoms with van der Waals surface area (Å²) in [6, 6.07) is 9.31. The topological polar surface area (TPSA) is 71.3 Å². The van der Waals surface area contributed by atoms with Crippen LogP contribution in [0.3, 0.4) is 0 Å². The minimum Gasteiger partial charge on any atom is -0.490 e. The van der Waals surface area contributed by atoms with Crippen LogP contribution in [0.2, 0.25) is 0 Å². The normalized spacial score (nSPS) is 12.5. The number of amides is 1. The molecule has 0 saturated heterocycles. The van der Waals surface area contributed by atoms with Gasteiger partial charge >= 0.3 is 0 Å². The van der Waals surface area contributed by atoms with E-state index in [0.717, 1.165) is 24.8 Å². The van der Waals surface area contributed by atoms with E-state index in [0.29, 0.717) is 35.1 Å². The lowest BCUT2D eigenvalue weighted by molar-refractivity contribution is 0.101. The Morgan fingerprint density at radius 1 is 1.33 bits per heavy atom. The van der Waals surface area contributed by atoms with Gasteiger partial charge in [-0.05, 0) is 37.0 Å². The molecule has 0 spiro atoms. The molecule has 5 nitrogen and oxygen atoms in total. The highest BCUT2D eigenvalue weighted by Crippen LogP contribution is 2.38. The van der Waals surface area contributed by atoms with Crippen molar-refractivity contribution in [3.05, 3.63) is 45.8 Å². The van der Waals surface area contributed by atoms with E-state index in [1.54, 1.807) is 25.3 Å². The van der Waals surface area contributed by atoms with Crippen molar-refractivity contribution in [2.24, 2.45) is 0 Å². The summed E-state index contributed by atoms with van der Waals surface area (Å²) in [5.74, 6) is 0.245. The van der Waals surface area contributed by atoms with Crippen molar-refractivity contribution in [2.45, 2.75) is 19.3 Å². The van der Waals surface area contributed by atoms with Crippen molar-refractivity contribution >= 4 is 22.2 Å². The Hall–Kier alpha value is -2.36. The van der Waals surface area contributed by atoms with Crippen LogP contribution >= 0.6 is 11.3 Å². The van der Waals surface area contributed by atoms with Crippen LogP contribution in [0, 0.1) is 11.3 Å². The van der Waals surface area contributed by atoms with Crippen molar-refractivity contribution in [3.63, 3.8) is 0 Å². The minimum atomic E-state index is -0.264. The number of hydrogen-bond acceptors (Lipinski definition) is 5. The number of anilines is 1. The third-order valence-corrected chi connectivity index (χ3v) is 5.14. The van der Waals surface area contributed by atoms with Crippen LogP contribution in [-0.2, 0) is 17.6 Å². The highest BCUT2D eigenvalue weighted by molar-refractivity contribution is 7.16. The zero-order chi connectivity index (χ0) is 16.9. The van der Waals surface area contributed by atoms with Crippen LogP contribution in [0.25, 0.3) is 0 Å². The Bertz CT molecular complexity index is 792. The lowest BCUT2D eigenvalue weighted by atomic mass is 10.1. The summed E-state index contributed by atoms with van der Waals surface area (Å²) < 4.78 is 10.6. The largest absolute Gasteiger partial charge is 0.490 e. The maximum Gasteiger partial charge on any atom is 0.260 e. The molecule has 0 radical (unpaired) electrons. The number of benzene rings is 1. The maximum atomic E-state index is 12.6. The quantitative estimate of drug-likeness (QED) is 0.817. The summed E-state index contributed by atoms with van der Waals surface area (Å²) >= 11 is 1.51. The van der Waals surface area contributed by atoms with Crippen molar-refractivity contribution < 1.29 is 14.3 Å². The molecule has 0 atom stereocenters. The van der Waals surface area contributed by atoms with Gasteiger partial charge in [-0.15, -0.1) is 11.3 Å². The number of carbonyl (C=O) groups is 1. The Kier molecular flexibility index (Phi) is 5.14. The van der Waals surface area contributed by atoms with Gasteiger partial charge < -0.3 is 14.8 Å². The molecule has 1 aromatic carbocycles. The molecule has 3 rings (SSSR count). The number of nitriles is 1. The zero-order valence-corrected chi connectivity index (χ0v) is 14.2. The number of ether oxygens (including phenoxy) is 2. The second kappa shape index (κ2) is 7.47. The van der Waals surface area contributed by atoms with Gasteiger partial charge in [0.15, 0.2) is 0 Å². The monoisotopic (exact) mass is 342 g/mol. The molecule has 1 aromatic heterocycles. The zero-order valence-electron chi connectivity index (χ0n) is 13.4. The van der Waals surface area contributed by atoms with Crippen LogP contribution in [0.5, 0.6) is 5.75 Å². The van der Waals surface area contributed by atoms with Crippen molar-refractivity contribution in [1.29, 1.82) is 5.26 Å². The van der Waals surface area contributed by atoms with Crippen LogP contribution in [-0.4, -0.2) is 26.2 Å². The summed E-state index contributed by atoms with van der Waals surface area (Å²) in [6.45, 7) is 0.823. The Morgan fingerprint density at radius 3 is 2.96 bits per heavy atom. The first-order chi connectivity index (χ1) is 11.7. The van der Waals surface area contributed by atoms with Gasteiger partial charge in [-0.1, -0.05) is 12.1 Å². The van der Waals surface area contributed by atoms with Gasteiger partial charge in [-0.25, -0.2) is 0 Å². The Labute approximate surface area is 144 Å². The molecule has 0 bridgehead atoms. The lowest BCUT2D eigenvalue weighted by Crippen LogP contribution is -2.14. The highest BCUT2D eigenvalue weighted by atomic mass is 32.1. The molecular weight excluding hydrogens is 324 g/mol. The summed E-state index contributed by atoms with van der Waals surface area (Å²) in [5, 5.41) is 12.9. The van der Waals surface area contributed by atoms with E-state index in [1.807, 2.05) is 6.07 Å². The van der Waals surface area contributed by atoms with Gasteiger partial charge in [0.25, 0.3) is 5.91 Å². The first-order valence-electron chi connectivity index (χ1n) is 7.81. The number of methoxy groups -OCH3 is 1. The van der Waals surface area contributed by atoms with Gasteiger partial charge in [-0.2, -0.15) is 5.26 Å². The van der Waals surface area contributed by atoms with Crippen molar-refractivity contribution in [2.75, 3.05) is 25.6 Å². The third-order valence-electron chi connectivity index (χ3n) is 3.94. The molecule has 24 heavy (non-hydrogen) atoms. The summed E-state index contributed by atoms with van der Waals surface area (Å²) in [5.41, 5.74) is 2.16. The smallest absolute Gasteiger partial charge is 0.260 e. The Balaban J connectivity index is 1.80. The predicted octanol–water partition coefficient (Wildman–Crippen LogP) is 3.39. The molecular formula is C18H18N2O3S. The second-order valence-electron chi connectivity index (χ2n) is 5.46. The fraction of sp³-hybridized carbons (Fsp3) is 0.333. The Morgan fingerprint density at radius 2 is 2.17 bits per heavy atom. The molecule has 6 heteroatoms. The molecule has 1 aliphatic carbocycles. The number of rotatable bonds is 6. The summed E-state index contributed by atoms with van der Waals surface area (Å²) in [6.07, 6.45) is 2.99. The number of nitrogens with zero attached hydrogens (tertiary/aromatic N) is 1. The van der Waals surface area contributed by atoms with Crippen molar-refractivity contribution in [1.82, 2.24) is 0 Å². The fourth-order valence-electron chi connectivity index (χ4n) is 2.80. The fourth-order valence-corrected chi connectivity index (χ4v) is 4.03. The summed E-state index contributed by atoms with van der Waals surface area (Å²) in [7, 11) is 1.60. The number of para-hydroxylation sites is 1. The maximum absolute atomic E-state index is 12.6. The average Bonchev–Trinajstić information content (AvgIpc) is 3.16. The third kappa shape index (κ3) is 3.28. The number of thiophene rings is 1. The number of carbonyl (C=O) groups excluding carboxylic acids is 1. The number of nitrogens with one attached hydrogen (secondary N) is 1. The van der Waals surface area contributed by atoms with Crippen LogP contribution in [0.15, 0.2) is 24.3 Å². The van der Waals surface area contributed by atoms with Gasteiger partial charge in [0.05, 0.1) is 17.7 Å². The van der Waals surface area contributed by atoms with E-state index in [-0.39, 0.29) is 5.91 Å². The number of fused-ring (bicyclic) bond motifs is 1.